The molecule has 0 radical (unpaired) electrons. The van der Waals surface area contributed by atoms with Crippen LogP contribution in [0.3, 0.4) is 0 Å². The smallest absolute Gasteiger partial charge is 0.222 e. The van der Waals surface area contributed by atoms with Gasteiger partial charge in [0.25, 0.3) is 0 Å². The normalized spacial score (nSPS) is 10.1. The van der Waals surface area contributed by atoms with E-state index in [2.05, 4.69) is 0 Å². The van der Waals surface area contributed by atoms with E-state index < -0.39 is 0 Å². The Morgan fingerprint density at radius 1 is 1.35 bits per heavy atom. The number of carbonyl (C=O) groups excluding carboxylic acids is 1. The maximum Gasteiger partial charge on any atom is 0.222 e. The topological polar surface area (TPSA) is 55.6 Å². The first-order chi connectivity index (χ1) is 9.58. The van der Waals surface area contributed by atoms with Crippen LogP contribution in [0.2, 0.25) is 0 Å². The molecule has 0 spiro atoms. The van der Waals surface area contributed by atoms with Gasteiger partial charge in [-0.3, -0.25) is 4.79 Å². The Kier molecular flexibility index (Phi) is 7.01. The number of para-hydroxylation sites is 1. The third-order valence-electron chi connectivity index (χ3n) is 3.00. The molecule has 2 N–H and O–H groups in total. The van der Waals surface area contributed by atoms with Crippen LogP contribution >= 0.6 is 12.2 Å². The third-order valence-corrected chi connectivity index (χ3v) is 3.20. The maximum absolute atomic E-state index is 12.2. The van der Waals surface area contributed by atoms with Crippen LogP contribution in [0.25, 0.3) is 0 Å². The van der Waals surface area contributed by atoms with Crippen LogP contribution in [0.1, 0.15) is 31.7 Å². The zero-order valence-electron chi connectivity index (χ0n) is 12.1. The largest absolute Gasteiger partial charge is 0.496 e. The van der Waals surface area contributed by atoms with E-state index in [1.54, 1.807) is 12.0 Å². The summed E-state index contributed by atoms with van der Waals surface area (Å²) in [6, 6.07) is 7.71. The van der Waals surface area contributed by atoms with E-state index in [1.807, 2.05) is 31.2 Å². The van der Waals surface area contributed by atoms with E-state index in [-0.39, 0.29) is 5.91 Å². The lowest BCUT2D eigenvalue weighted by Crippen LogP contribution is -2.33. The summed E-state index contributed by atoms with van der Waals surface area (Å²) in [5, 5.41) is 0. The third kappa shape index (κ3) is 5.17. The van der Waals surface area contributed by atoms with Crippen molar-refractivity contribution in [2.24, 2.45) is 5.73 Å². The van der Waals surface area contributed by atoms with Crippen molar-refractivity contribution in [3.63, 3.8) is 0 Å². The molecule has 0 aliphatic rings. The standard InChI is InChI=1S/C15H22N2O2S/c1-3-6-15(18)17(10-9-14(16)20)11-12-7-4-5-8-13(12)19-2/h4-5,7-8H,3,6,9-11H2,1-2H3,(H2,16,20). The predicted molar refractivity (Wildman–Crippen MR) is 84.7 cm³/mol. The van der Waals surface area contributed by atoms with Gasteiger partial charge in [0.15, 0.2) is 0 Å². The van der Waals surface area contributed by atoms with Crippen molar-refractivity contribution in [2.75, 3.05) is 13.7 Å². The summed E-state index contributed by atoms with van der Waals surface area (Å²) in [5.74, 6) is 0.909. The fourth-order valence-electron chi connectivity index (χ4n) is 1.95. The van der Waals surface area contributed by atoms with Gasteiger partial charge in [0.1, 0.15) is 5.75 Å². The number of benzene rings is 1. The van der Waals surface area contributed by atoms with Crippen molar-refractivity contribution in [1.82, 2.24) is 4.90 Å². The molecule has 0 unspecified atom stereocenters. The molecule has 0 saturated heterocycles. The zero-order chi connectivity index (χ0) is 15.0. The molecule has 1 amide bonds. The van der Waals surface area contributed by atoms with E-state index in [1.165, 1.54) is 0 Å². The quantitative estimate of drug-likeness (QED) is 0.748. The first-order valence-corrected chi connectivity index (χ1v) is 7.17. The molecule has 20 heavy (non-hydrogen) atoms. The Morgan fingerprint density at radius 2 is 2.05 bits per heavy atom. The molecule has 0 saturated carbocycles. The van der Waals surface area contributed by atoms with E-state index in [9.17, 15) is 4.79 Å². The van der Waals surface area contributed by atoms with Gasteiger partial charge in [-0.25, -0.2) is 0 Å². The molecule has 0 atom stereocenters. The highest BCUT2D eigenvalue weighted by molar-refractivity contribution is 7.80. The fourth-order valence-corrected chi connectivity index (χ4v) is 2.04. The molecule has 1 rings (SSSR count). The van der Waals surface area contributed by atoms with Gasteiger partial charge in [-0.15, -0.1) is 0 Å². The lowest BCUT2D eigenvalue weighted by molar-refractivity contribution is -0.131. The second-order valence-electron chi connectivity index (χ2n) is 4.59. The number of methoxy groups -OCH3 is 1. The van der Waals surface area contributed by atoms with Gasteiger partial charge in [-0.1, -0.05) is 37.3 Å². The Bertz CT molecular complexity index is 463. The number of nitrogens with zero attached hydrogens (tertiary/aromatic N) is 1. The van der Waals surface area contributed by atoms with Gasteiger partial charge in [-0.2, -0.15) is 0 Å². The highest BCUT2D eigenvalue weighted by Gasteiger charge is 2.15. The molecule has 0 aromatic heterocycles. The van der Waals surface area contributed by atoms with Crippen LogP contribution in [0.15, 0.2) is 24.3 Å². The van der Waals surface area contributed by atoms with Crippen LogP contribution in [0.4, 0.5) is 0 Å². The van der Waals surface area contributed by atoms with Gasteiger partial charge in [-0.05, 0) is 12.5 Å². The van der Waals surface area contributed by atoms with Crippen molar-refractivity contribution in [3.8, 4) is 5.75 Å². The second-order valence-corrected chi connectivity index (χ2v) is 5.12. The number of carbonyl (C=O) groups is 1. The molecule has 0 fully saturated rings. The average molecular weight is 294 g/mol. The van der Waals surface area contributed by atoms with E-state index in [0.717, 1.165) is 17.7 Å². The van der Waals surface area contributed by atoms with Crippen molar-refractivity contribution in [2.45, 2.75) is 32.7 Å². The van der Waals surface area contributed by atoms with Crippen LogP contribution in [-0.2, 0) is 11.3 Å². The molecule has 0 bridgehead atoms. The summed E-state index contributed by atoms with van der Waals surface area (Å²) in [5.41, 5.74) is 6.52. The molecule has 1 aromatic rings. The van der Waals surface area contributed by atoms with Crippen LogP contribution in [-0.4, -0.2) is 29.5 Å². The van der Waals surface area contributed by atoms with Gasteiger partial charge >= 0.3 is 0 Å². The van der Waals surface area contributed by atoms with Gasteiger partial charge in [0.05, 0.1) is 12.1 Å². The number of hydrogen-bond acceptors (Lipinski definition) is 3. The lowest BCUT2D eigenvalue weighted by atomic mass is 10.1. The Morgan fingerprint density at radius 3 is 2.65 bits per heavy atom. The number of nitrogens with two attached hydrogens (primary N) is 1. The van der Waals surface area contributed by atoms with Gasteiger partial charge < -0.3 is 15.4 Å². The first kappa shape index (κ1) is 16.4. The lowest BCUT2D eigenvalue weighted by Gasteiger charge is -2.23. The minimum absolute atomic E-state index is 0.120. The predicted octanol–water partition coefficient (Wildman–Crippen LogP) is 2.50. The maximum atomic E-state index is 12.2. The molecule has 1 aromatic carbocycles. The minimum atomic E-state index is 0.120. The van der Waals surface area contributed by atoms with Crippen LogP contribution in [0.5, 0.6) is 5.75 Å². The Hall–Kier alpha value is -1.62. The average Bonchev–Trinajstić information content (AvgIpc) is 2.43. The van der Waals surface area contributed by atoms with E-state index in [4.69, 9.17) is 22.7 Å². The van der Waals surface area contributed by atoms with Crippen LogP contribution < -0.4 is 10.5 Å². The summed E-state index contributed by atoms with van der Waals surface area (Å²) in [6.45, 7) is 3.06. The van der Waals surface area contributed by atoms with Crippen molar-refractivity contribution >= 4 is 23.1 Å². The monoisotopic (exact) mass is 294 g/mol. The van der Waals surface area contributed by atoms with Crippen molar-refractivity contribution in [3.05, 3.63) is 29.8 Å². The van der Waals surface area contributed by atoms with Crippen molar-refractivity contribution < 1.29 is 9.53 Å². The highest BCUT2D eigenvalue weighted by Crippen LogP contribution is 2.20. The fraction of sp³-hybridized carbons (Fsp3) is 0.467. The Balaban J connectivity index is 2.81. The number of hydrogen-bond donors (Lipinski definition) is 1. The number of ether oxygens (including phenoxy) is 1. The van der Waals surface area contributed by atoms with Gasteiger partial charge in [0.2, 0.25) is 5.91 Å². The minimum Gasteiger partial charge on any atom is -0.496 e. The molecular weight excluding hydrogens is 272 g/mol. The Labute approximate surface area is 125 Å². The second kappa shape index (κ2) is 8.53. The van der Waals surface area contributed by atoms with Crippen molar-refractivity contribution in [1.29, 1.82) is 0 Å². The summed E-state index contributed by atoms with van der Waals surface area (Å²) in [6.07, 6.45) is 1.90. The molecule has 110 valence electrons. The van der Waals surface area contributed by atoms with Gasteiger partial charge in [0, 0.05) is 31.5 Å². The van der Waals surface area contributed by atoms with Crippen LogP contribution in [0, 0.1) is 0 Å². The summed E-state index contributed by atoms with van der Waals surface area (Å²) >= 11 is 4.89. The summed E-state index contributed by atoms with van der Waals surface area (Å²) in [4.78, 5) is 14.4. The SMILES string of the molecule is CCCC(=O)N(CCC(N)=S)Cc1ccccc1OC. The molecule has 0 aliphatic heterocycles. The van der Waals surface area contributed by atoms with E-state index in [0.29, 0.717) is 30.9 Å². The summed E-state index contributed by atoms with van der Waals surface area (Å²) in [7, 11) is 1.63. The number of rotatable bonds is 8. The molecular formula is C15H22N2O2S. The number of thiocarbonyl (C=S) groups is 1. The highest BCUT2D eigenvalue weighted by atomic mass is 32.1. The molecule has 5 heteroatoms. The zero-order valence-corrected chi connectivity index (χ0v) is 12.9. The molecule has 0 heterocycles. The summed E-state index contributed by atoms with van der Waals surface area (Å²) < 4.78 is 5.32. The molecule has 0 aliphatic carbocycles. The molecule has 4 nitrogen and oxygen atoms in total. The van der Waals surface area contributed by atoms with E-state index >= 15 is 0 Å². The number of amides is 1. The first-order valence-electron chi connectivity index (χ1n) is 6.76.